The quantitative estimate of drug-likeness (QED) is 0.896. The van der Waals surface area contributed by atoms with Crippen LogP contribution in [0.15, 0.2) is 18.2 Å². The molecule has 1 aliphatic heterocycles. The van der Waals surface area contributed by atoms with E-state index in [1.54, 1.807) is 0 Å². The van der Waals surface area contributed by atoms with Crippen molar-refractivity contribution in [1.82, 2.24) is 5.32 Å². The van der Waals surface area contributed by atoms with E-state index in [1.165, 1.54) is 31.2 Å². The molecule has 0 amide bonds. The third-order valence-corrected chi connectivity index (χ3v) is 4.97. The summed E-state index contributed by atoms with van der Waals surface area (Å²) in [5.74, 6) is 3.66. The molecule has 2 aliphatic carbocycles. The van der Waals surface area contributed by atoms with Crippen LogP contribution in [0.4, 0.5) is 0 Å². The minimum absolute atomic E-state index is 0.383. The minimum atomic E-state index is 0.383. The van der Waals surface area contributed by atoms with Crippen molar-refractivity contribution in [2.45, 2.75) is 51.1 Å². The summed E-state index contributed by atoms with van der Waals surface area (Å²) in [7, 11) is 0. The Kier molecular flexibility index (Phi) is 3.54. The molecule has 1 aromatic rings. The van der Waals surface area contributed by atoms with Gasteiger partial charge in [-0.2, -0.15) is 0 Å². The van der Waals surface area contributed by atoms with E-state index in [1.807, 2.05) is 0 Å². The van der Waals surface area contributed by atoms with Crippen molar-refractivity contribution in [2.75, 3.05) is 13.2 Å². The highest BCUT2D eigenvalue weighted by molar-refractivity contribution is 5.44. The first kappa shape index (κ1) is 13.4. The van der Waals surface area contributed by atoms with Gasteiger partial charge in [0.2, 0.25) is 0 Å². The molecule has 21 heavy (non-hydrogen) atoms. The monoisotopic (exact) mass is 287 g/mol. The maximum absolute atomic E-state index is 5.81. The second kappa shape index (κ2) is 5.53. The third kappa shape index (κ3) is 3.03. The van der Waals surface area contributed by atoms with Gasteiger partial charge in [-0.25, -0.2) is 0 Å². The lowest BCUT2D eigenvalue weighted by Gasteiger charge is -2.24. The van der Waals surface area contributed by atoms with E-state index in [0.717, 1.165) is 49.0 Å². The Balaban J connectivity index is 1.48. The molecule has 0 spiro atoms. The van der Waals surface area contributed by atoms with Crippen LogP contribution in [0, 0.1) is 11.8 Å². The molecule has 1 unspecified atom stereocenters. The summed E-state index contributed by atoms with van der Waals surface area (Å²) >= 11 is 0. The van der Waals surface area contributed by atoms with Crippen molar-refractivity contribution in [3.63, 3.8) is 0 Å². The Morgan fingerprint density at radius 3 is 2.33 bits per heavy atom. The summed E-state index contributed by atoms with van der Waals surface area (Å²) < 4.78 is 11.5. The maximum Gasteiger partial charge on any atom is 0.161 e. The molecule has 0 saturated heterocycles. The van der Waals surface area contributed by atoms with Crippen LogP contribution in [0.2, 0.25) is 0 Å². The summed E-state index contributed by atoms with van der Waals surface area (Å²) in [5, 5.41) is 3.88. The van der Waals surface area contributed by atoms with Gasteiger partial charge in [0, 0.05) is 18.5 Å². The number of hydrogen-bond acceptors (Lipinski definition) is 3. The first-order valence-electron chi connectivity index (χ1n) is 8.47. The Hall–Kier alpha value is -1.22. The fourth-order valence-corrected chi connectivity index (χ4v) is 3.40. The molecule has 2 fully saturated rings. The van der Waals surface area contributed by atoms with Gasteiger partial charge in [0.1, 0.15) is 0 Å². The van der Waals surface area contributed by atoms with Crippen LogP contribution in [0.3, 0.4) is 0 Å². The van der Waals surface area contributed by atoms with E-state index in [0.29, 0.717) is 6.04 Å². The zero-order chi connectivity index (χ0) is 14.2. The molecule has 0 radical (unpaired) electrons. The first-order valence-corrected chi connectivity index (χ1v) is 8.47. The fraction of sp³-hybridized carbons (Fsp3) is 0.667. The molecule has 4 rings (SSSR count). The Labute approximate surface area is 127 Å². The molecule has 1 aromatic carbocycles. The molecular formula is C18H25NO2. The highest BCUT2D eigenvalue weighted by Crippen LogP contribution is 2.45. The first-order chi connectivity index (χ1) is 10.3. The van der Waals surface area contributed by atoms with Crippen molar-refractivity contribution in [2.24, 2.45) is 11.8 Å². The van der Waals surface area contributed by atoms with E-state index in [4.69, 9.17) is 9.47 Å². The van der Waals surface area contributed by atoms with Gasteiger partial charge in [-0.15, -0.1) is 0 Å². The number of ether oxygens (including phenoxy) is 2. The standard InChI is InChI=1S/C18H25NO2/c1-12(19-18(13-3-4-13)14-5-6-14)15-7-8-16-17(11-15)21-10-2-9-20-16/h7-8,11-14,18-19H,2-6,9-10H2,1H3. The maximum atomic E-state index is 5.81. The molecule has 1 heterocycles. The molecule has 2 saturated carbocycles. The van der Waals surface area contributed by atoms with Crippen LogP contribution in [0.25, 0.3) is 0 Å². The molecule has 114 valence electrons. The van der Waals surface area contributed by atoms with Crippen molar-refractivity contribution in [3.05, 3.63) is 23.8 Å². The van der Waals surface area contributed by atoms with Gasteiger partial charge >= 0.3 is 0 Å². The van der Waals surface area contributed by atoms with Crippen molar-refractivity contribution < 1.29 is 9.47 Å². The molecule has 3 nitrogen and oxygen atoms in total. The molecule has 0 bridgehead atoms. The molecule has 0 aromatic heterocycles. The normalized spacial score (nSPS) is 23.0. The van der Waals surface area contributed by atoms with Gasteiger partial charge in [0.15, 0.2) is 11.5 Å². The Morgan fingerprint density at radius 2 is 1.67 bits per heavy atom. The van der Waals surface area contributed by atoms with Gasteiger partial charge in [-0.05, 0) is 62.1 Å². The third-order valence-electron chi connectivity index (χ3n) is 4.97. The van der Waals surface area contributed by atoms with E-state index >= 15 is 0 Å². The van der Waals surface area contributed by atoms with Gasteiger partial charge in [-0.1, -0.05) is 6.07 Å². The molecule has 3 aliphatic rings. The summed E-state index contributed by atoms with van der Waals surface area (Å²) in [6, 6.07) is 7.53. The Morgan fingerprint density at radius 1 is 1.00 bits per heavy atom. The lowest BCUT2D eigenvalue weighted by Crippen LogP contribution is -2.35. The topological polar surface area (TPSA) is 30.5 Å². The second-order valence-corrected chi connectivity index (χ2v) is 6.85. The van der Waals surface area contributed by atoms with Crippen LogP contribution < -0.4 is 14.8 Å². The highest BCUT2D eigenvalue weighted by atomic mass is 16.5. The second-order valence-electron chi connectivity index (χ2n) is 6.85. The average molecular weight is 287 g/mol. The lowest BCUT2D eigenvalue weighted by atomic mass is 10.0. The predicted molar refractivity (Wildman–Crippen MR) is 82.8 cm³/mol. The summed E-state index contributed by atoms with van der Waals surface area (Å²) in [4.78, 5) is 0. The van der Waals surface area contributed by atoms with E-state index in [9.17, 15) is 0 Å². The van der Waals surface area contributed by atoms with Crippen LogP contribution in [0.5, 0.6) is 11.5 Å². The minimum Gasteiger partial charge on any atom is -0.490 e. The molecule has 1 N–H and O–H groups in total. The number of hydrogen-bond donors (Lipinski definition) is 1. The zero-order valence-corrected chi connectivity index (χ0v) is 12.8. The van der Waals surface area contributed by atoms with Gasteiger partial charge < -0.3 is 14.8 Å². The highest BCUT2D eigenvalue weighted by Gasteiger charge is 2.41. The fourth-order valence-electron chi connectivity index (χ4n) is 3.40. The van der Waals surface area contributed by atoms with E-state index < -0.39 is 0 Å². The molecular weight excluding hydrogens is 262 g/mol. The van der Waals surface area contributed by atoms with Crippen LogP contribution in [-0.4, -0.2) is 19.3 Å². The summed E-state index contributed by atoms with van der Waals surface area (Å²) in [6.07, 6.45) is 6.64. The van der Waals surface area contributed by atoms with Gasteiger partial charge in [-0.3, -0.25) is 0 Å². The van der Waals surface area contributed by atoms with Crippen LogP contribution in [0.1, 0.15) is 50.6 Å². The number of nitrogens with one attached hydrogen (secondary N) is 1. The van der Waals surface area contributed by atoms with Crippen molar-refractivity contribution in [3.8, 4) is 11.5 Å². The average Bonchev–Trinajstić information content (AvgIpc) is 3.38. The van der Waals surface area contributed by atoms with Gasteiger partial charge in [0.05, 0.1) is 13.2 Å². The summed E-state index contributed by atoms with van der Waals surface area (Å²) in [5.41, 5.74) is 1.31. The van der Waals surface area contributed by atoms with Gasteiger partial charge in [0.25, 0.3) is 0 Å². The van der Waals surface area contributed by atoms with Crippen molar-refractivity contribution >= 4 is 0 Å². The van der Waals surface area contributed by atoms with E-state index in [-0.39, 0.29) is 0 Å². The number of rotatable bonds is 5. The zero-order valence-electron chi connectivity index (χ0n) is 12.8. The predicted octanol–water partition coefficient (Wildman–Crippen LogP) is 3.69. The smallest absolute Gasteiger partial charge is 0.161 e. The van der Waals surface area contributed by atoms with Crippen LogP contribution in [-0.2, 0) is 0 Å². The number of benzene rings is 1. The molecule has 3 heteroatoms. The Bertz CT molecular complexity index is 496. The molecule has 1 atom stereocenters. The van der Waals surface area contributed by atoms with Crippen molar-refractivity contribution in [1.29, 1.82) is 0 Å². The SMILES string of the molecule is CC(NC(C1CC1)C1CC1)c1ccc2c(c1)OCCCO2. The van der Waals surface area contributed by atoms with Crippen LogP contribution >= 0.6 is 0 Å². The number of fused-ring (bicyclic) bond motifs is 1. The summed E-state index contributed by atoms with van der Waals surface area (Å²) in [6.45, 7) is 3.79. The van der Waals surface area contributed by atoms with E-state index in [2.05, 4.69) is 30.4 Å². The largest absolute Gasteiger partial charge is 0.490 e. The lowest BCUT2D eigenvalue weighted by molar-refractivity contribution is 0.296.